The van der Waals surface area contributed by atoms with Gasteiger partial charge >= 0.3 is 6.03 Å². The van der Waals surface area contributed by atoms with Crippen LogP contribution in [0.1, 0.15) is 5.56 Å². The van der Waals surface area contributed by atoms with Crippen LogP contribution in [0.3, 0.4) is 0 Å². The Morgan fingerprint density at radius 2 is 2.14 bits per heavy atom. The molecule has 4 rings (SSSR count). The standard InChI is InChI=1S/C19H17FN6O2S/c1-26(2)9-10-3-5-14-15(7-10)29-19(22-14)23-18(28)25-24-16-12-8-11(20)4-6-13(12)21-17(16)27/h3-8,21,27H,9H2,1-2H3,(H,22,23,28). The first-order valence-corrected chi connectivity index (χ1v) is 9.48. The number of H-pyrrole nitrogens is 1. The second kappa shape index (κ2) is 7.57. The van der Waals surface area contributed by atoms with E-state index >= 15 is 0 Å². The monoisotopic (exact) mass is 412 g/mol. The number of benzene rings is 2. The Kier molecular flexibility index (Phi) is 4.95. The molecule has 10 heteroatoms. The highest BCUT2D eigenvalue weighted by Gasteiger charge is 2.13. The molecule has 3 N–H and O–H groups in total. The molecule has 8 nitrogen and oxygen atoms in total. The minimum Gasteiger partial charge on any atom is -0.493 e. The summed E-state index contributed by atoms with van der Waals surface area (Å²) in [5.41, 5.74) is 2.39. The van der Waals surface area contributed by atoms with Gasteiger partial charge in [0, 0.05) is 11.9 Å². The van der Waals surface area contributed by atoms with Gasteiger partial charge in [0.2, 0.25) is 5.88 Å². The lowest BCUT2D eigenvalue weighted by Crippen LogP contribution is -2.10. The van der Waals surface area contributed by atoms with Gasteiger partial charge in [-0.25, -0.2) is 14.2 Å². The normalized spacial score (nSPS) is 11.9. The van der Waals surface area contributed by atoms with Crippen LogP contribution in [-0.2, 0) is 6.54 Å². The molecule has 0 spiro atoms. The quantitative estimate of drug-likeness (QED) is 0.410. The summed E-state index contributed by atoms with van der Waals surface area (Å²) in [6, 6.07) is 9.10. The van der Waals surface area contributed by atoms with E-state index in [1.165, 1.54) is 29.5 Å². The van der Waals surface area contributed by atoms with E-state index in [0.29, 0.717) is 16.0 Å². The number of thiazole rings is 1. The van der Waals surface area contributed by atoms with Gasteiger partial charge in [-0.3, -0.25) is 5.32 Å². The Labute approximate surface area is 168 Å². The van der Waals surface area contributed by atoms with E-state index in [9.17, 15) is 14.3 Å². The molecule has 0 aliphatic carbocycles. The van der Waals surface area contributed by atoms with Crippen LogP contribution in [0.4, 0.5) is 20.0 Å². The molecule has 4 aromatic rings. The zero-order valence-corrected chi connectivity index (χ0v) is 16.4. The van der Waals surface area contributed by atoms with Gasteiger partial charge in [-0.15, -0.1) is 5.11 Å². The Bertz CT molecular complexity index is 1250. The van der Waals surface area contributed by atoms with Gasteiger partial charge in [-0.2, -0.15) is 0 Å². The number of nitrogens with zero attached hydrogens (tertiary/aromatic N) is 4. The number of rotatable bonds is 4. The van der Waals surface area contributed by atoms with Crippen molar-refractivity contribution >= 4 is 49.3 Å². The third-order valence-corrected chi connectivity index (χ3v) is 5.05. The van der Waals surface area contributed by atoms with Crippen molar-refractivity contribution in [1.82, 2.24) is 14.9 Å². The summed E-state index contributed by atoms with van der Waals surface area (Å²) in [5, 5.41) is 20.5. The molecule has 0 aliphatic rings. The summed E-state index contributed by atoms with van der Waals surface area (Å²) < 4.78 is 14.4. The highest BCUT2D eigenvalue weighted by molar-refractivity contribution is 7.22. The number of nitrogens with one attached hydrogen (secondary N) is 2. The Balaban J connectivity index is 1.52. The van der Waals surface area contributed by atoms with Crippen LogP contribution in [0.25, 0.3) is 21.1 Å². The summed E-state index contributed by atoms with van der Waals surface area (Å²) in [4.78, 5) is 21.2. The van der Waals surface area contributed by atoms with E-state index in [2.05, 4.69) is 30.4 Å². The van der Waals surface area contributed by atoms with Crippen molar-refractivity contribution in [2.24, 2.45) is 10.2 Å². The SMILES string of the molecule is CN(C)Cc1ccc2nc(NC(=O)N=Nc3c(O)[nH]c4ccc(F)cc34)sc2c1. The van der Waals surface area contributed by atoms with E-state index in [0.717, 1.165) is 22.3 Å². The van der Waals surface area contributed by atoms with Crippen molar-refractivity contribution in [3.05, 3.63) is 47.8 Å². The van der Waals surface area contributed by atoms with Crippen molar-refractivity contribution in [2.45, 2.75) is 6.54 Å². The molecule has 0 atom stereocenters. The fourth-order valence-electron chi connectivity index (χ4n) is 2.93. The highest BCUT2D eigenvalue weighted by atomic mass is 32.1. The molecular formula is C19H17FN6O2S. The molecule has 0 aliphatic heterocycles. The number of amides is 2. The first kappa shape index (κ1) is 19.0. The maximum absolute atomic E-state index is 13.5. The van der Waals surface area contributed by atoms with Gasteiger partial charge in [0.05, 0.1) is 15.7 Å². The smallest absolute Gasteiger partial charge is 0.365 e. The summed E-state index contributed by atoms with van der Waals surface area (Å²) >= 11 is 1.33. The molecule has 0 radical (unpaired) electrons. The van der Waals surface area contributed by atoms with Crippen molar-refractivity contribution in [3.8, 4) is 5.88 Å². The van der Waals surface area contributed by atoms with Gasteiger partial charge in [-0.05, 0) is 50.0 Å². The van der Waals surface area contributed by atoms with Crippen molar-refractivity contribution in [1.29, 1.82) is 0 Å². The van der Waals surface area contributed by atoms with Crippen molar-refractivity contribution < 1.29 is 14.3 Å². The molecule has 0 saturated carbocycles. The van der Waals surface area contributed by atoms with E-state index in [1.807, 2.05) is 32.3 Å². The topological polar surface area (TPSA) is 106 Å². The van der Waals surface area contributed by atoms with Gasteiger partial charge in [-0.1, -0.05) is 22.5 Å². The molecule has 148 valence electrons. The lowest BCUT2D eigenvalue weighted by molar-refractivity contribution is 0.258. The lowest BCUT2D eigenvalue weighted by Gasteiger charge is -2.08. The molecule has 0 unspecified atom stereocenters. The van der Waals surface area contributed by atoms with Crippen LogP contribution in [-0.4, -0.2) is 40.1 Å². The number of carbonyl (C=O) groups excluding carboxylic acids is 1. The molecular weight excluding hydrogens is 395 g/mol. The van der Waals surface area contributed by atoms with Crippen LogP contribution in [0.2, 0.25) is 0 Å². The van der Waals surface area contributed by atoms with Crippen molar-refractivity contribution in [3.63, 3.8) is 0 Å². The van der Waals surface area contributed by atoms with E-state index < -0.39 is 11.8 Å². The molecule has 0 saturated heterocycles. The molecule has 2 aromatic heterocycles. The first-order chi connectivity index (χ1) is 13.9. The number of carbonyl (C=O) groups is 1. The number of aromatic amines is 1. The minimum absolute atomic E-state index is 0.00715. The third kappa shape index (κ3) is 4.08. The van der Waals surface area contributed by atoms with E-state index in [1.54, 1.807) is 0 Å². The number of urea groups is 1. The number of halogens is 1. The number of anilines is 1. The number of aromatic hydroxyl groups is 1. The zero-order chi connectivity index (χ0) is 20.5. The maximum atomic E-state index is 13.5. The number of aromatic nitrogens is 2. The summed E-state index contributed by atoms with van der Waals surface area (Å²) in [6.07, 6.45) is 0. The summed E-state index contributed by atoms with van der Waals surface area (Å²) in [6.45, 7) is 0.804. The van der Waals surface area contributed by atoms with Gasteiger partial charge in [0.25, 0.3) is 0 Å². The van der Waals surface area contributed by atoms with Crippen LogP contribution in [0.15, 0.2) is 46.6 Å². The zero-order valence-electron chi connectivity index (χ0n) is 15.6. The van der Waals surface area contributed by atoms with Crippen LogP contribution < -0.4 is 5.32 Å². The predicted octanol–water partition coefficient (Wildman–Crippen LogP) is 5.00. The molecule has 29 heavy (non-hydrogen) atoms. The summed E-state index contributed by atoms with van der Waals surface area (Å²) in [5.74, 6) is -0.781. The Hall–Kier alpha value is -3.37. The number of hydrogen-bond donors (Lipinski definition) is 3. The maximum Gasteiger partial charge on any atom is 0.365 e. The van der Waals surface area contributed by atoms with E-state index in [-0.39, 0.29) is 11.6 Å². The first-order valence-electron chi connectivity index (χ1n) is 8.66. The molecule has 2 aromatic carbocycles. The average Bonchev–Trinajstić information content (AvgIpc) is 3.18. The highest BCUT2D eigenvalue weighted by Crippen LogP contribution is 2.36. The van der Waals surface area contributed by atoms with Crippen LogP contribution in [0, 0.1) is 5.82 Å². The minimum atomic E-state index is -0.747. The van der Waals surface area contributed by atoms with Crippen LogP contribution in [0.5, 0.6) is 5.88 Å². The fourth-order valence-corrected chi connectivity index (χ4v) is 3.85. The molecule has 0 bridgehead atoms. The largest absolute Gasteiger partial charge is 0.493 e. The average molecular weight is 412 g/mol. The second-order valence-electron chi connectivity index (χ2n) is 6.70. The fraction of sp³-hybridized carbons (Fsp3) is 0.158. The third-order valence-electron chi connectivity index (χ3n) is 4.12. The lowest BCUT2D eigenvalue weighted by atomic mass is 10.2. The van der Waals surface area contributed by atoms with E-state index in [4.69, 9.17) is 0 Å². The van der Waals surface area contributed by atoms with Gasteiger partial charge in [0.15, 0.2) is 10.8 Å². The van der Waals surface area contributed by atoms with Crippen LogP contribution >= 0.6 is 11.3 Å². The molecule has 0 fully saturated rings. The van der Waals surface area contributed by atoms with Gasteiger partial charge < -0.3 is 15.0 Å². The van der Waals surface area contributed by atoms with Crippen molar-refractivity contribution in [2.75, 3.05) is 19.4 Å². The second-order valence-corrected chi connectivity index (χ2v) is 7.73. The Morgan fingerprint density at radius 1 is 1.31 bits per heavy atom. The molecule has 2 amide bonds. The van der Waals surface area contributed by atoms with Gasteiger partial charge in [0.1, 0.15) is 5.82 Å². The Morgan fingerprint density at radius 3 is 2.93 bits per heavy atom. The molecule has 2 heterocycles. The number of fused-ring (bicyclic) bond motifs is 2. The predicted molar refractivity (Wildman–Crippen MR) is 110 cm³/mol. The summed E-state index contributed by atoms with van der Waals surface area (Å²) in [7, 11) is 3.99. The number of azo groups is 1. The number of hydrogen-bond acceptors (Lipinski definition) is 6.